The third-order valence-corrected chi connectivity index (χ3v) is 4.30. The molecular weight excluding hydrogens is 274 g/mol. The molecule has 1 aromatic rings. The molecule has 0 N–H and O–H groups in total. The molecule has 1 aliphatic rings. The molecule has 0 spiro atoms. The van der Waals surface area contributed by atoms with Crippen LogP contribution in [-0.2, 0) is 0 Å². The zero-order valence-electron chi connectivity index (χ0n) is 12.8. The zero-order chi connectivity index (χ0) is 15.6. The summed E-state index contributed by atoms with van der Waals surface area (Å²) in [7, 11) is 2.09. The van der Waals surface area contributed by atoms with E-state index < -0.39 is 11.6 Å². The van der Waals surface area contributed by atoms with Crippen LogP contribution in [0.3, 0.4) is 0 Å². The van der Waals surface area contributed by atoms with Gasteiger partial charge in [0.15, 0.2) is 17.4 Å². The van der Waals surface area contributed by atoms with E-state index in [1.54, 1.807) is 0 Å². The molecule has 0 unspecified atom stereocenters. The summed E-state index contributed by atoms with van der Waals surface area (Å²) in [5.41, 5.74) is -0.0887. The maximum Gasteiger partial charge on any atom is 0.169 e. The number of ketones is 1. The first-order chi connectivity index (χ1) is 9.81. The smallest absolute Gasteiger partial charge is 0.169 e. The molecule has 1 fully saturated rings. The van der Waals surface area contributed by atoms with Crippen LogP contribution in [-0.4, -0.2) is 54.3 Å². The van der Waals surface area contributed by atoms with Crippen LogP contribution in [0.15, 0.2) is 18.2 Å². The monoisotopic (exact) mass is 296 g/mol. The Kier molecular flexibility index (Phi) is 4.74. The van der Waals surface area contributed by atoms with Crippen LogP contribution in [0.25, 0.3) is 0 Å². The number of hydrogen-bond donors (Lipinski definition) is 0. The van der Waals surface area contributed by atoms with Crippen LogP contribution < -0.4 is 0 Å². The molecule has 0 saturated carbocycles. The highest BCUT2D eigenvalue weighted by Gasteiger charge is 2.31. The molecule has 2 rings (SSSR count). The van der Waals surface area contributed by atoms with Gasteiger partial charge < -0.3 is 0 Å². The van der Waals surface area contributed by atoms with Gasteiger partial charge in [0.1, 0.15) is 0 Å². The van der Waals surface area contributed by atoms with Crippen LogP contribution in [0.1, 0.15) is 30.6 Å². The van der Waals surface area contributed by atoms with E-state index in [1.165, 1.54) is 12.1 Å². The van der Waals surface area contributed by atoms with Crippen molar-refractivity contribution in [2.45, 2.75) is 25.8 Å². The number of carbonyl (C=O) groups excluding carboxylic acids is 1. The number of hydrogen-bond acceptors (Lipinski definition) is 3. The Morgan fingerprint density at radius 3 is 2.67 bits per heavy atom. The largest absolute Gasteiger partial charge is 0.300 e. The highest BCUT2D eigenvalue weighted by molar-refractivity contribution is 5.96. The molecule has 21 heavy (non-hydrogen) atoms. The topological polar surface area (TPSA) is 23.6 Å². The third kappa shape index (κ3) is 3.66. The fourth-order valence-corrected chi connectivity index (χ4v) is 2.65. The van der Waals surface area contributed by atoms with E-state index in [0.717, 1.165) is 25.7 Å². The predicted molar refractivity (Wildman–Crippen MR) is 78.5 cm³/mol. The van der Waals surface area contributed by atoms with Gasteiger partial charge >= 0.3 is 0 Å². The predicted octanol–water partition coefficient (Wildman–Crippen LogP) is 2.56. The fourth-order valence-electron chi connectivity index (χ4n) is 2.65. The number of benzene rings is 1. The number of halogens is 2. The summed E-state index contributed by atoms with van der Waals surface area (Å²) < 4.78 is 26.7. The first-order valence-electron chi connectivity index (χ1n) is 7.22. The SMILES string of the molecule is CN1CCN(CCC(=O)c2cccc(F)c2F)CC1(C)C. The lowest BCUT2D eigenvalue weighted by molar-refractivity contribution is 0.0390. The van der Waals surface area contributed by atoms with Crippen molar-refractivity contribution in [3.63, 3.8) is 0 Å². The summed E-state index contributed by atoms with van der Waals surface area (Å²) in [5, 5.41) is 0. The van der Waals surface area contributed by atoms with Crippen molar-refractivity contribution in [1.29, 1.82) is 0 Å². The van der Waals surface area contributed by atoms with E-state index in [9.17, 15) is 13.6 Å². The molecule has 0 bridgehead atoms. The van der Waals surface area contributed by atoms with Crippen molar-refractivity contribution in [2.24, 2.45) is 0 Å². The number of likely N-dealkylation sites (N-methyl/N-ethyl adjacent to an activating group) is 1. The van der Waals surface area contributed by atoms with Crippen LogP contribution in [0.4, 0.5) is 8.78 Å². The number of nitrogens with zero attached hydrogens (tertiary/aromatic N) is 2. The summed E-state index contributed by atoms with van der Waals surface area (Å²) in [6.45, 7) is 7.59. The van der Waals surface area contributed by atoms with Crippen molar-refractivity contribution in [3.05, 3.63) is 35.4 Å². The van der Waals surface area contributed by atoms with Gasteiger partial charge in [-0.1, -0.05) is 6.07 Å². The quantitative estimate of drug-likeness (QED) is 0.798. The van der Waals surface area contributed by atoms with Crippen molar-refractivity contribution >= 4 is 5.78 Å². The Morgan fingerprint density at radius 1 is 1.29 bits per heavy atom. The van der Waals surface area contributed by atoms with E-state index in [-0.39, 0.29) is 23.3 Å². The third-order valence-electron chi connectivity index (χ3n) is 4.30. The van der Waals surface area contributed by atoms with Crippen LogP contribution in [0.5, 0.6) is 0 Å². The first-order valence-corrected chi connectivity index (χ1v) is 7.22. The van der Waals surface area contributed by atoms with Crippen LogP contribution in [0.2, 0.25) is 0 Å². The normalized spacial score (nSPS) is 19.7. The van der Waals surface area contributed by atoms with Gasteiger partial charge in [-0.05, 0) is 33.0 Å². The average molecular weight is 296 g/mol. The van der Waals surface area contributed by atoms with E-state index >= 15 is 0 Å². The van der Waals surface area contributed by atoms with Gasteiger partial charge in [0.2, 0.25) is 0 Å². The van der Waals surface area contributed by atoms with Crippen molar-refractivity contribution in [2.75, 3.05) is 33.2 Å². The zero-order valence-corrected chi connectivity index (χ0v) is 12.8. The summed E-state index contributed by atoms with van der Waals surface area (Å²) in [5.74, 6) is -2.36. The second-order valence-electron chi connectivity index (χ2n) is 6.28. The summed E-state index contributed by atoms with van der Waals surface area (Å²) in [4.78, 5) is 16.5. The summed E-state index contributed by atoms with van der Waals surface area (Å²) in [6, 6.07) is 3.73. The van der Waals surface area contributed by atoms with Crippen molar-refractivity contribution < 1.29 is 13.6 Å². The van der Waals surface area contributed by atoms with Crippen LogP contribution >= 0.6 is 0 Å². The van der Waals surface area contributed by atoms with Gasteiger partial charge in [0.25, 0.3) is 0 Å². The molecule has 0 aromatic heterocycles. The summed E-state index contributed by atoms with van der Waals surface area (Å²) >= 11 is 0. The van der Waals surface area contributed by atoms with Crippen molar-refractivity contribution in [3.8, 4) is 0 Å². The second kappa shape index (κ2) is 6.20. The molecule has 1 heterocycles. The molecule has 1 saturated heterocycles. The lowest BCUT2D eigenvalue weighted by Gasteiger charge is -2.45. The van der Waals surface area contributed by atoms with Gasteiger partial charge in [-0.15, -0.1) is 0 Å². The maximum absolute atomic E-state index is 13.6. The minimum absolute atomic E-state index is 0.0609. The van der Waals surface area contributed by atoms with Gasteiger partial charge in [-0.2, -0.15) is 0 Å². The molecule has 5 heteroatoms. The first kappa shape index (κ1) is 16.0. The van der Waals surface area contributed by atoms with E-state index in [0.29, 0.717) is 6.54 Å². The Hall–Kier alpha value is -1.33. The van der Waals surface area contributed by atoms with E-state index in [4.69, 9.17) is 0 Å². The molecule has 3 nitrogen and oxygen atoms in total. The minimum atomic E-state index is -1.04. The molecule has 0 aliphatic carbocycles. The Balaban J connectivity index is 1.94. The molecule has 0 radical (unpaired) electrons. The molecule has 1 aromatic carbocycles. The van der Waals surface area contributed by atoms with E-state index in [1.807, 2.05) is 0 Å². The summed E-state index contributed by atoms with van der Waals surface area (Å²) in [6.07, 6.45) is 0.208. The fraction of sp³-hybridized carbons (Fsp3) is 0.562. The second-order valence-corrected chi connectivity index (χ2v) is 6.28. The highest BCUT2D eigenvalue weighted by atomic mass is 19.2. The molecule has 0 atom stereocenters. The minimum Gasteiger partial charge on any atom is -0.300 e. The van der Waals surface area contributed by atoms with Gasteiger partial charge in [-0.3, -0.25) is 14.6 Å². The lowest BCUT2D eigenvalue weighted by Crippen LogP contribution is -2.57. The van der Waals surface area contributed by atoms with Gasteiger partial charge in [-0.25, -0.2) is 8.78 Å². The lowest BCUT2D eigenvalue weighted by atomic mass is 9.99. The molecule has 116 valence electrons. The molecular formula is C16H22F2N2O. The number of piperazine rings is 1. The highest BCUT2D eigenvalue weighted by Crippen LogP contribution is 2.19. The number of rotatable bonds is 4. The Morgan fingerprint density at radius 2 is 2.00 bits per heavy atom. The standard InChI is InChI=1S/C16H22F2N2O/c1-16(2)11-20(10-9-19(16)3)8-7-14(21)12-5-4-6-13(17)15(12)18/h4-6H,7-11H2,1-3H3. The maximum atomic E-state index is 13.6. The molecule has 1 aliphatic heterocycles. The number of Topliss-reactive ketones (excluding diaryl/α,β-unsaturated/α-hetero) is 1. The van der Waals surface area contributed by atoms with E-state index in [2.05, 4.69) is 30.7 Å². The Bertz CT molecular complexity index is 531. The van der Waals surface area contributed by atoms with Crippen molar-refractivity contribution in [1.82, 2.24) is 9.80 Å². The average Bonchev–Trinajstić information content (AvgIpc) is 2.42. The Labute approximate surface area is 124 Å². The van der Waals surface area contributed by atoms with Gasteiger partial charge in [0, 0.05) is 38.1 Å². The van der Waals surface area contributed by atoms with Crippen LogP contribution in [0, 0.1) is 11.6 Å². The number of carbonyl (C=O) groups is 1. The van der Waals surface area contributed by atoms with Gasteiger partial charge in [0.05, 0.1) is 5.56 Å². The molecule has 0 amide bonds.